The molecular weight excluding hydrogens is 446 g/mol. The van der Waals surface area contributed by atoms with E-state index in [1.165, 1.54) is 30.2 Å². The molecule has 3 heterocycles. The zero-order chi connectivity index (χ0) is 23.2. The van der Waals surface area contributed by atoms with E-state index < -0.39 is 11.2 Å². The van der Waals surface area contributed by atoms with Crippen molar-refractivity contribution < 1.29 is 14.3 Å². The second kappa shape index (κ2) is 8.71. The van der Waals surface area contributed by atoms with E-state index in [-0.39, 0.29) is 11.3 Å². The Morgan fingerprint density at radius 1 is 1.44 bits per heavy atom. The van der Waals surface area contributed by atoms with Crippen LogP contribution in [0.25, 0.3) is 10.2 Å². The summed E-state index contributed by atoms with van der Waals surface area (Å²) >= 11 is 2.71. The minimum atomic E-state index is -0.527. The zero-order valence-electron chi connectivity index (χ0n) is 18.5. The van der Waals surface area contributed by atoms with Crippen LogP contribution in [0.4, 0.5) is 0 Å². The predicted molar refractivity (Wildman–Crippen MR) is 127 cm³/mol. The number of thiophene rings is 1. The molecule has 1 saturated carbocycles. The number of allylic oxidation sites excluding steroid dienone is 1. The number of hydrogen-bond acceptors (Lipinski definition) is 7. The van der Waals surface area contributed by atoms with Crippen LogP contribution in [-0.2, 0) is 11.3 Å². The Labute approximate surface area is 193 Å². The lowest BCUT2D eigenvalue weighted by atomic mass is 10.1. The Morgan fingerprint density at radius 2 is 2.16 bits per heavy atom. The molecule has 0 unspecified atom stereocenters. The Kier molecular flexibility index (Phi) is 6.13. The molecule has 1 N–H and O–H groups in total. The molecule has 1 aliphatic carbocycles. The maximum absolute atomic E-state index is 13.3. The molecule has 0 spiro atoms. The van der Waals surface area contributed by atoms with Gasteiger partial charge < -0.3 is 9.72 Å². The van der Waals surface area contributed by atoms with Gasteiger partial charge in [-0.25, -0.2) is 9.78 Å². The average molecular weight is 472 g/mol. The van der Waals surface area contributed by atoms with E-state index in [0.717, 1.165) is 18.4 Å². The summed E-state index contributed by atoms with van der Waals surface area (Å²) in [6.07, 6.45) is 3.88. The second-order valence-electron chi connectivity index (χ2n) is 7.99. The first-order valence-electron chi connectivity index (χ1n) is 10.4. The monoisotopic (exact) mass is 471 g/mol. The summed E-state index contributed by atoms with van der Waals surface area (Å²) in [5, 5.41) is 2.69. The van der Waals surface area contributed by atoms with Gasteiger partial charge in [0.15, 0.2) is 10.9 Å². The smallest absolute Gasteiger partial charge is 0.339 e. The number of hydrogen-bond donors (Lipinski definition) is 1. The Bertz CT molecular complexity index is 1300. The summed E-state index contributed by atoms with van der Waals surface area (Å²) in [6, 6.07) is 0. The number of aryl methyl sites for hydroxylation is 1. The van der Waals surface area contributed by atoms with Gasteiger partial charge in [-0.3, -0.25) is 14.2 Å². The van der Waals surface area contributed by atoms with E-state index in [1.807, 2.05) is 5.38 Å². The Balaban J connectivity index is 1.69. The highest BCUT2D eigenvalue weighted by molar-refractivity contribution is 8.00. The number of nitrogens with zero attached hydrogens (tertiary/aromatic N) is 2. The van der Waals surface area contributed by atoms with Crippen LogP contribution in [0.1, 0.15) is 63.4 Å². The number of thioether (sulfide) groups is 1. The molecule has 0 aromatic carbocycles. The molecule has 168 valence electrons. The van der Waals surface area contributed by atoms with Gasteiger partial charge in [0.2, 0.25) is 0 Å². The van der Waals surface area contributed by atoms with Crippen LogP contribution in [-0.4, -0.2) is 38.6 Å². The molecule has 0 aliphatic heterocycles. The maximum Gasteiger partial charge on any atom is 0.339 e. The topological polar surface area (TPSA) is 94.1 Å². The molecule has 4 rings (SSSR count). The van der Waals surface area contributed by atoms with Crippen molar-refractivity contribution in [1.29, 1.82) is 0 Å². The molecule has 0 amide bonds. The van der Waals surface area contributed by atoms with Crippen molar-refractivity contribution >= 4 is 45.1 Å². The number of carbonyl (C=O) groups excluding carboxylic acids is 2. The van der Waals surface area contributed by atoms with Gasteiger partial charge in [0, 0.05) is 12.2 Å². The third-order valence-electron chi connectivity index (χ3n) is 5.74. The molecule has 3 aromatic heterocycles. The number of ether oxygens (including phenoxy) is 1. The molecule has 0 radical (unpaired) electrons. The number of Topliss-reactive ketones (excluding diaryl/α,β-unsaturated/α-hetero) is 1. The number of methoxy groups -OCH3 is 1. The molecule has 7 nitrogen and oxygen atoms in total. The van der Waals surface area contributed by atoms with Crippen LogP contribution < -0.4 is 5.56 Å². The van der Waals surface area contributed by atoms with Gasteiger partial charge in [-0.1, -0.05) is 17.8 Å². The highest BCUT2D eigenvalue weighted by Crippen LogP contribution is 2.44. The van der Waals surface area contributed by atoms with Gasteiger partial charge in [-0.05, 0) is 56.0 Å². The number of aromatic nitrogens is 3. The summed E-state index contributed by atoms with van der Waals surface area (Å²) in [4.78, 5) is 47.1. The summed E-state index contributed by atoms with van der Waals surface area (Å²) in [5.41, 5.74) is 2.90. The maximum atomic E-state index is 13.3. The van der Waals surface area contributed by atoms with E-state index >= 15 is 0 Å². The Hall–Kier alpha value is -2.65. The molecule has 1 atom stereocenters. The van der Waals surface area contributed by atoms with Gasteiger partial charge in [-0.15, -0.1) is 17.9 Å². The highest BCUT2D eigenvalue weighted by atomic mass is 32.2. The first-order valence-corrected chi connectivity index (χ1v) is 12.2. The third kappa shape index (κ3) is 3.84. The van der Waals surface area contributed by atoms with Crippen molar-refractivity contribution in [2.75, 3.05) is 7.11 Å². The largest absolute Gasteiger partial charge is 0.465 e. The number of aromatic amines is 1. The van der Waals surface area contributed by atoms with E-state index in [9.17, 15) is 14.4 Å². The minimum absolute atomic E-state index is 0.0833. The van der Waals surface area contributed by atoms with E-state index in [1.54, 1.807) is 31.4 Å². The summed E-state index contributed by atoms with van der Waals surface area (Å²) < 4.78 is 6.43. The van der Waals surface area contributed by atoms with Crippen molar-refractivity contribution in [3.63, 3.8) is 0 Å². The molecule has 32 heavy (non-hydrogen) atoms. The first kappa shape index (κ1) is 22.5. The van der Waals surface area contributed by atoms with Gasteiger partial charge in [-0.2, -0.15) is 0 Å². The third-order valence-corrected chi connectivity index (χ3v) is 7.72. The van der Waals surface area contributed by atoms with Crippen LogP contribution in [0.2, 0.25) is 0 Å². The normalized spacial score (nSPS) is 14.5. The standard InChI is InChI=1S/C23H25N3O4S2/c1-6-9-26-21(28)17-15(14-7-8-14)10-31-20(17)25-23(26)32-13(4)19(27)18-11(2)16(12(3)24-18)22(29)30-5/h6,10,13-14,24H,1,7-9H2,2-5H3/t13-/m1/s1. The number of fused-ring (bicyclic) bond motifs is 1. The molecule has 9 heteroatoms. The van der Waals surface area contributed by atoms with Crippen LogP contribution in [0.15, 0.2) is 28.0 Å². The van der Waals surface area contributed by atoms with Crippen molar-refractivity contribution in [1.82, 2.24) is 14.5 Å². The lowest BCUT2D eigenvalue weighted by molar-refractivity contribution is 0.0599. The van der Waals surface area contributed by atoms with Crippen LogP contribution in [0.3, 0.4) is 0 Å². The number of rotatable bonds is 8. The molecule has 1 aliphatic rings. The van der Waals surface area contributed by atoms with Crippen LogP contribution in [0.5, 0.6) is 0 Å². The van der Waals surface area contributed by atoms with Crippen LogP contribution >= 0.6 is 23.1 Å². The zero-order valence-corrected chi connectivity index (χ0v) is 20.1. The lowest BCUT2D eigenvalue weighted by Gasteiger charge is -2.14. The SMILES string of the molecule is C=CCn1c(S[C@H](C)C(=O)c2[nH]c(C)c(C(=O)OC)c2C)nc2scc(C3CC3)c2c1=O. The molecule has 0 bridgehead atoms. The second-order valence-corrected chi connectivity index (χ2v) is 10.2. The number of nitrogens with one attached hydrogen (secondary N) is 1. The quantitative estimate of drug-likeness (QED) is 0.169. The first-order chi connectivity index (χ1) is 15.3. The molecular formula is C23H25N3O4S2. The van der Waals surface area contributed by atoms with Crippen molar-refractivity contribution in [2.24, 2.45) is 0 Å². The predicted octanol–water partition coefficient (Wildman–Crippen LogP) is 4.62. The summed E-state index contributed by atoms with van der Waals surface area (Å²) in [5.74, 6) is -0.195. The molecule has 1 fully saturated rings. The fraction of sp³-hybridized carbons (Fsp3) is 0.391. The minimum Gasteiger partial charge on any atom is -0.465 e. The number of carbonyl (C=O) groups is 2. The number of H-pyrrole nitrogens is 1. The Morgan fingerprint density at radius 3 is 2.78 bits per heavy atom. The summed E-state index contributed by atoms with van der Waals surface area (Å²) in [7, 11) is 1.31. The van der Waals surface area contributed by atoms with E-state index in [2.05, 4.69) is 11.6 Å². The average Bonchev–Trinajstić information content (AvgIpc) is 3.45. The van der Waals surface area contributed by atoms with Gasteiger partial charge in [0.1, 0.15) is 4.83 Å². The molecule has 0 saturated heterocycles. The fourth-order valence-electron chi connectivity index (χ4n) is 3.92. The van der Waals surface area contributed by atoms with E-state index in [4.69, 9.17) is 9.72 Å². The highest BCUT2D eigenvalue weighted by Gasteiger charge is 2.30. The van der Waals surface area contributed by atoms with Gasteiger partial charge in [0.05, 0.1) is 29.0 Å². The van der Waals surface area contributed by atoms with Gasteiger partial charge in [0.25, 0.3) is 5.56 Å². The van der Waals surface area contributed by atoms with Gasteiger partial charge >= 0.3 is 5.97 Å². The van der Waals surface area contributed by atoms with Crippen LogP contribution in [0, 0.1) is 13.8 Å². The number of ketones is 1. The van der Waals surface area contributed by atoms with Crippen molar-refractivity contribution in [2.45, 2.75) is 56.5 Å². The van der Waals surface area contributed by atoms with Crippen molar-refractivity contribution in [3.05, 3.63) is 56.5 Å². The number of esters is 1. The molecule has 3 aromatic rings. The fourth-order valence-corrected chi connectivity index (χ4v) is 5.96. The van der Waals surface area contributed by atoms with E-state index in [0.29, 0.717) is 50.4 Å². The summed E-state index contributed by atoms with van der Waals surface area (Å²) in [6.45, 7) is 9.33. The lowest BCUT2D eigenvalue weighted by Crippen LogP contribution is -2.25. The van der Waals surface area contributed by atoms with Crippen molar-refractivity contribution in [3.8, 4) is 0 Å².